The van der Waals surface area contributed by atoms with Crippen LogP contribution in [0.25, 0.3) is 0 Å². The van der Waals surface area contributed by atoms with Crippen LogP contribution in [0, 0.1) is 5.82 Å². The Balaban J connectivity index is 2.06. The lowest BCUT2D eigenvalue weighted by Crippen LogP contribution is -2.43. The summed E-state index contributed by atoms with van der Waals surface area (Å²) in [5, 5.41) is 12.9. The Bertz CT molecular complexity index is 407. The van der Waals surface area contributed by atoms with Gasteiger partial charge in [-0.3, -0.25) is 0 Å². The van der Waals surface area contributed by atoms with E-state index in [2.05, 4.69) is 5.32 Å². The van der Waals surface area contributed by atoms with Crippen molar-refractivity contribution < 1.29 is 9.50 Å². The van der Waals surface area contributed by atoms with E-state index in [1.165, 1.54) is 12.1 Å². The molecule has 1 saturated carbocycles. The summed E-state index contributed by atoms with van der Waals surface area (Å²) in [6.45, 7) is 0.416. The van der Waals surface area contributed by atoms with Crippen LogP contribution in [0.4, 0.5) is 15.8 Å². The summed E-state index contributed by atoms with van der Waals surface area (Å²) in [5.41, 5.74) is 5.85. The number of hydrogen-bond acceptors (Lipinski definition) is 3. The number of nitrogen functional groups attached to an aromatic ring is 1. The lowest BCUT2D eigenvalue weighted by atomic mass is 9.80. The fraction of sp³-hybridized carbons (Fsp3) is 0.455. The number of nitrogens with one attached hydrogen (secondary N) is 1. The van der Waals surface area contributed by atoms with Crippen molar-refractivity contribution in [1.29, 1.82) is 0 Å². The molecule has 0 heterocycles. The van der Waals surface area contributed by atoms with E-state index in [0.29, 0.717) is 17.9 Å². The van der Waals surface area contributed by atoms with Gasteiger partial charge in [-0.2, -0.15) is 0 Å². The molecule has 1 aliphatic rings. The van der Waals surface area contributed by atoms with Crippen LogP contribution in [-0.4, -0.2) is 17.3 Å². The summed E-state index contributed by atoms with van der Waals surface area (Å²) < 4.78 is 13.0. The van der Waals surface area contributed by atoms with Gasteiger partial charge < -0.3 is 16.2 Å². The van der Waals surface area contributed by atoms with Crippen LogP contribution in [0.5, 0.6) is 0 Å². The van der Waals surface area contributed by atoms with Crippen LogP contribution in [0.15, 0.2) is 12.1 Å². The van der Waals surface area contributed by atoms with Crippen LogP contribution in [-0.2, 0) is 0 Å². The molecule has 4 N–H and O–H groups in total. The minimum absolute atomic E-state index is 0.0253. The first-order valence-electron chi connectivity index (χ1n) is 5.21. The van der Waals surface area contributed by atoms with E-state index < -0.39 is 11.4 Å². The normalized spacial score (nSPS) is 17.9. The number of anilines is 2. The van der Waals surface area contributed by atoms with E-state index in [1.54, 1.807) is 0 Å². The summed E-state index contributed by atoms with van der Waals surface area (Å²) in [4.78, 5) is 0. The summed E-state index contributed by atoms with van der Waals surface area (Å²) in [6.07, 6.45) is 2.61. The molecule has 1 aromatic rings. The first kappa shape index (κ1) is 11.5. The Labute approximate surface area is 98.4 Å². The third kappa shape index (κ3) is 2.23. The SMILES string of the molecule is Nc1cc(F)c(Cl)cc1NCC1(O)CCC1. The maximum Gasteiger partial charge on any atom is 0.143 e. The van der Waals surface area contributed by atoms with Crippen molar-refractivity contribution >= 4 is 23.0 Å². The molecule has 0 saturated heterocycles. The molecule has 0 amide bonds. The van der Waals surface area contributed by atoms with Crippen molar-refractivity contribution in [3.05, 3.63) is 23.0 Å². The van der Waals surface area contributed by atoms with E-state index >= 15 is 0 Å². The van der Waals surface area contributed by atoms with Crippen LogP contribution in [0.1, 0.15) is 19.3 Å². The molecule has 0 unspecified atom stereocenters. The van der Waals surface area contributed by atoms with Gasteiger partial charge in [-0.05, 0) is 25.3 Å². The molecule has 5 heteroatoms. The summed E-state index contributed by atoms with van der Waals surface area (Å²) in [6, 6.07) is 2.61. The van der Waals surface area contributed by atoms with E-state index in [-0.39, 0.29) is 5.02 Å². The summed E-state index contributed by atoms with van der Waals surface area (Å²) in [5.74, 6) is -0.535. The number of aliphatic hydroxyl groups is 1. The summed E-state index contributed by atoms with van der Waals surface area (Å²) >= 11 is 5.65. The highest BCUT2D eigenvalue weighted by atomic mass is 35.5. The average molecular weight is 245 g/mol. The molecule has 0 aromatic heterocycles. The van der Waals surface area contributed by atoms with Gasteiger partial charge in [0.1, 0.15) is 5.82 Å². The van der Waals surface area contributed by atoms with Crippen LogP contribution < -0.4 is 11.1 Å². The van der Waals surface area contributed by atoms with Gasteiger partial charge in [0.25, 0.3) is 0 Å². The van der Waals surface area contributed by atoms with Gasteiger partial charge in [0.05, 0.1) is 22.0 Å². The maximum atomic E-state index is 13.0. The molecule has 0 atom stereocenters. The van der Waals surface area contributed by atoms with E-state index in [1.807, 2.05) is 0 Å². The molecular formula is C11H14ClFN2O. The topological polar surface area (TPSA) is 58.3 Å². The van der Waals surface area contributed by atoms with E-state index in [0.717, 1.165) is 19.3 Å². The molecule has 0 aliphatic heterocycles. The molecule has 3 nitrogen and oxygen atoms in total. The summed E-state index contributed by atoms with van der Waals surface area (Å²) in [7, 11) is 0. The Morgan fingerprint density at radius 1 is 1.50 bits per heavy atom. The molecule has 0 radical (unpaired) electrons. The number of benzene rings is 1. The zero-order valence-electron chi connectivity index (χ0n) is 8.76. The number of nitrogens with two attached hydrogens (primary N) is 1. The molecule has 2 rings (SSSR count). The molecule has 1 aromatic carbocycles. The zero-order valence-corrected chi connectivity index (χ0v) is 9.52. The fourth-order valence-electron chi connectivity index (χ4n) is 1.74. The smallest absolute Gasteiger partial charge is 0.143 e. The van der Waals surface area contributed by atoms with Gasteiger partial charge >= 0.3 is 0 Å². The number of hydrogen-bond donors (Lipinski definition) is 3. The van der Waals surface area contributed by atoms with Crippen molar-refractivity contribution in [2.45, 2.75) is 24.9 Å². The first-order valence-corrected chi connectivity index (χ1v) is 5.59. The van der Waals surface area contributed by atoms with Gasteiger partial charge in [-0.25, -0.2) is 4.39 Å². The third-order valence-corrected chi connectivity index (χ3v) is 3.27. The van der Waals surface area contributed by atoms with E-state index in [4.69, 9.17) is 17.3 Å². The van der Waals surface area contributed by atoms with Crippen molar-refractivity contribution in [3.8, 4) is 0 Å². The van der Waals surface area contributed by atoms with Gasteiger partial charge in [0.15, 0.2) is 0 Å². The Morgan fingerprint density at radius 2 is 2.19 bits per heavy atom. The predicted octanol–water partition coefficient (Wildman–Crippen LogP) is 2.39. The molecule has 1 fully saturated rings. The van der Waals surface area contributed by atoms with E-state index in [9.17, 15) is 9.50 Å². The van der Waals surface area contributed by atoms with Crippen LogP contribution >= 0.6 is 11.6 Å². The molecule has 0 bridgehead atoms. The largest absolute Gasteiger partial charge is 0.397 e. The highest BCUT2D eigenvalue weighted by Gasteiger charge is 2.34. The quantitative estimate of drug-likeness (QED) is 0.716. The monoisotopic (exact) mass is 244 g/mol. The van der Waals surface area contributed by atoms with Crippen LogP contribution in [0.3, 0.4) is 0 Å². The van der Waals surface area contributed by atoms with Crippen molar-refractivity contribution in [2.24, 2.45) is 0 Å². The molecule has 16 heavy (non-hydrogen) atoms. The third-order valence-electron chi connectivity index (χ3n) is 2.98. The predicted molar refractivity (Wildman–Crippen MR) is 63.1 cm³/mol. The van der Waals surface area contributed by atoms with Crippen molar-refractivity contribution in [2.75, 3.05) is 17.6 Å². The average Bonchev–Trinajstić information content (AvgIpc) is 2.19. The van der Waals surface area contributed by atoms with Gasteiger partial charge in [0.2, 0.25) is 0 Å². The van der Waals surface area contributed by atoms with Gasteiger partial charge in [0, 0.05) is 12.6 Å². The zero-order chi connectivity index (χ0) is 11.8. The Kier molecular flexibility index (Phi) is 2.95. The highest BCUT2D eigenvalue weighted by molar-refractivity contribution is 6.31. The fourth-order valence-corrected chi connectivity index (χ4v) is 1.90. The van der Waals surface area contributed by atoms with Crippen LogP contribution in [0.2, 0.25) is 5.02 Å². The second kappa shape index (κ2) is 4.11. The minimum atomic E-state index is -0.646. The molecule has 88 valence electrons. The van der Waals surface area contributed by atoms with Gasteiger partial charge in [-0.15, -0.1) is 0 Å². The standard InChI is InChI=1S/C11H14ClFN2O/c12-7-4-10(9(14)5-8(7)13)15-6-11(16)2-1-3-11/h4-5,15-16H,1-3,6,14H2. The lowest BCUT2D eigenvalue weighted by Gasteiger charge is -2.37. The second-order valence-corrected chi connectivity index (χ2v) is 4.69. The Hall–Kier alpha value is -1.00. The lowest BCUT2D eigenvalue weighted by molar-refractivity contribution is -0.0201. The van der Waals surface area contributed by atoms with Crippen molar-refractivity contribution in [1.82, 2.24) is 0 Å². The first-order chi connectivity index (χ1) is 7.50. The Morgan fingerprint density at radius 3 is 2.75 bits per heavy atom. The maximum absolute atomic E-state index is 13.0. The second-order valence-electron chi connectivity index (χ2n) is 4.29. The van der Waals surface area contributed by atoms with Crippen molar-refractivity contribution in [3.63, 3.8) is 0 Å². The molecule has 0 spiro atoms. The number of rotatable bonds is 3. The number of halogens is 2. The van der Waals surface area contributed by atoms with Gasteiger partial charge in [-0.1, -0.05) is 11.6 Å². The molecule has 1 aliphatic carbocycles. The minimum Gasteiger partial charge on any atom is -0.397 e. The highest BCUT2D eigenvalue weighted by Crippen LogP contribution is 2.33. The molecular weight excluding hydrogens is 231 g/mol.